The molecular formula is C16H27NaO6S. The van der Waals surface area contributed by atoms with Crippen LogP contribution in [-0.2, 0) is 10.4 Å². The van der Waals surface area contributed by atoms with Gasteiger partial charge in [0.15, 0.2) is 0 Å². The Bertz CT molecular complexity index is 473. The van der Waals surface area contributed by atoms with Crippen molar-refractivity contribution in [2.24, 2.45) is 0 Å². The SMILES string of the molecule is CCCCCCCCC(C[O-])Oc1ccccc1.O=S(=O)(O)O.[Na+]. The Morgan fingerprint density at radius 2 is 1.54 bits per heavy atom. The first-order valence-electron chi connectivity index (χ1n) is 7.86. The molecular weight excluding hydrogens is 343 g/mol. The molecule has 0 fully saturated rings. The first-order chi connectivity index (χ1) is 10.9. The molecule has 1 unspecified atom stereocenters. The van der Waals surface area contributed by atoms with Gasteiger partial charge in [-0.05, 0) is 25.0 Å². The summed E-state index contributed by atoms with van der Waals surface area (Å²) in [5.41, 5.74) is 0. The van der Waals surface area contributed by atoms with Crippen molar-refractivity contribution in [2.45, 2.75) is 58.0 Å². The van der Waals surface area contributed by atoms with Crippen LogP contribution in [0.5, 0.6) is 5.75 Å². The molecule has 1 aromatic carbocycles. The average Bonchev–Trinajstić information content (AvgIpc) is 2.49. The molecule has 0 radical (unpaired) electrons. The van der Waals surface area contributed by atoms with E-state index in [-0.39, 0.29) is 42.3 Å². The van der Waals surface area contributed by atoms with Gasteiger partial charge in [0.2, 0.25) is 0 Å². The molecule has 0 saturated heterocycles. The van der Waals surface area contributed by atoms with Gasteiger partial charge in [0.25, 0.3) is 0 Å². The smallest absolute Gasteiger partial charge is 0.852 e. The molecule has 0 amide bonds. The van der Waals surface area contributed by atoms with Crippen LogP contribution in [0.3, 0.4) is 0 Å². The van der Waals surface area contributed by atoms with Gasteiger partial charge >= 0.3 is 40.0 Å². The molecule has 0 bridgehead atoms. The van der Waals surface area contributed by atoms with E-state index in [1.165, 1.54) is 32.1 Å². The van der Waals surface area contributed by atoms with E-state index in [0.717, 1.165) is 18.6 Å². The maximum Gasteiger partial charge on any atom is 1.00 e. The second kappa shape index (κ2) is 16.3. The van der Waals surface area contributed by atoms with Gasteiger partial charge in [0.05, 0.1) is 6.10 Å². The van der Waals surface area contributed by atoms with Crippen molar-refractivity contribution < 1.29 is 56.9 Å². The third-order valence-electron chi connectivity index (χ3n) is 3.11. The van der Waals surface area contributed by atoms with E-state index in [4.69, 9.17) is 22.3 Å². The molecule has 0 aliphatic carbocycles. The molecule has 0 aromatic heterocycles. The van der Waals surface area contributed by atoms with Crippen LogP contribution in [-0.4, -0.2) is 30.2 Å². The first kappa shape index (κ1) is 26.1. The minimum Gasteiger partial charge on any atom is -0.852 e. The van der Waals surface area contributed by atoms with E-state index in [9.17, 15) is 5.11 Å². The zero-order valence-electron chi connectivity index (χ0n) is 14.6. The van der Waals surface area contributed by atoms with Crippen LogP contribution in [0, 0.1) is 0 Å². The third-order valence-corrected chi connectivity index (χ3v) is 3.11. The zero-order chi connectivity index (χ0) is 17.6. The Balaban J connectivity index is 0. The Morgan fingerprint density at radius 3 is 2.04 bits per heavy atom. The molecule has 134 valence electrons. The Labute approximate surface area is 167 Å². The molecule has 0 aliphatic rings. The number of benzene rings is 1. The summed E-state index contributed by atoms with van der Waals surface area (Å²) in [5, 5.41) is 11.1. The van der Waals surface area contributed by atoms with Crippen molar-refractivity contribution in [1.82, 2.24) is 0 Å². The molecule has 1 atom stereocenters. The summed E-state index contributed by atoms with van der Waals surface area (Å²) in [7, 11) is -4.67. The number of hydrogen-bond donors (Lipinski definition) is 2. The van der Waals surface area contributed by atoms with Crippen molar-refractivity contribution in [3.63, 3.8) is 0 Å². The van der Waals surface area contributed by atoms with Crippen molar-refractivity contribution in [1.29, 1.82) is 0 Å². The monoisotopic (exact) mass is 370 g/mol. The molecule has 1 aromatic rings. The van der Waals surface area contributed by atoms with Crippen LogP contribution >= 0.6 is 0 Å². The number of rotatable bonds is 10. The first-order valence-corrected chi connectivity index (χ1v) is 9.26. The Morgan fingerprint density at radius 1 is 1.04 bits per heavy atom. The standard InChI is InChI=1S/C16H25O2.Na.H2O4S/c1-2-3-4-5-6-8-13-16(14-17)18-15-11-9-7-10-12-15;;1-5(2,3)4/h7,9-12,16H,2-6,8,13-14H2,1H3;;(H2,1,2,3,4)/q-1;+1;. The average molecular weight is 370 g/mol. The van der Waals surface area contributed by atoms with Gasteiger partial charge in [-0.15, -0.1) is 6.61 Å². The molecule has 2 N–H and O–H groups in total. The molecule has 0 saturated carbocycles. The molecule has 1 rings (SSSR count). The summed E-state index contributed by atoms with van der Waals surface area (Å²) in [6.45, 7) is 2.07. The second-order valence-corrected chi connectivity index (χ2v) is 6.12. The van der Waals surface area contributed by atoms with Gasteiger partial charge in [0, 0.05) is 0 Å². The zero-order valence-corrected chi connectivity index (χ0v) is 17.4. The maximum atomic E-state index is 11.1. The van der Waals surface area contributed by atoms with E-state index in [1.54, 1.807) is 0 Å². The van der Waals surface area contributed by atoms with Crippen LogP contribution in [0.4, 0.5) is 0 Å². The van der Waals surface area contributed by atoms with Crippen LogP contribution in [0.15, 0.2) is 30.3 Å². The number of hydrogen-bond acceptors (Lipinski definition) is 4. The second-order valence-electron chi connectivity index (χ2n) is 5.22. The normalized spacial score (nSPS) is 11.7. The fourth-order valence-electron chi connectivity index (χ4n) is 2.02. The molecule has 24 heavy (non-hydrogen) atoms. The van der Waals surface area contributed by atoms with Crippen LogP contribution < -0.4 is 39.4 Å². The molecule has 6 nitrogen and oxygen atoms in total. The largest absolute Gasteiger partial charge is 1.00 e. The van der Waals surface area contributed by atoms with Gasteiger partial charge in [-0.1, -0.05) is 57.2 Å². The Hall–Kier alpha value is -0.150. The van der Waals surface area contributed by atoms with E-state index < -0.39 is 10.4 Å². The van der Waals surface area contributed by atoms with E-state index in [2.05, 4.69) is 6.92 Å². The van der Waals surface area contributed by atoms with Gasteiger partial charge in [-0.3, -0.25) is 9.11 Å². The molecule has 8 heteroatoms. The van der Waals surface area contributed by atoms with Gasteiger partial charge in [-0.25, -0.2) is 0 Å². The minimum atomic E-state index is -4.67. The van der Waals surface area contributed by atoms with E-state index >= 15 is 0 Å². The van der Waals surface area contributed by atoms with Crippen molar-refractivity contribution in [3.05, 3.63) is 30.3 Å². The maximum absolute atomic E-state index is 11.1. The summed E-state index contributed by atoms with van der Waals surface area (Å²) in [6.07, 6.45) is 8.23. The third kappa shape index (κ3) is 19.9. The summed E-state index contributed by atoms with van der Waals surface area (Å²) in [5.74, 6) is 0.810. The van der Waals surface area contributed by atoms with Gasteiger partial charge in [0.1, 0.15) is 5.75 Å². The number of ether oxygens (including phenoxy) is 1. The quantitative estimate of drug-likeness (QED) is 0.338. The minimum absolute atomic E-state index is 0. The van der Waals surface area contributed by atoms with Gasteiger partial charge in [-0.2, -0.15) is 8.42 Å². The summed E-state index contributed by atoms with van der Waals surface area (Å²) >= 11 is 0. The summed E-state index contributed by atoms with van der Waals surface area (Å²) in [4.78, 5) is 0. The van der Waals surface area contributed by atoms with Gasteiger partial charge < -0.3 is 9.84 Å². The van der Waals surface area contributed by atoms with Crippen molar-refractivity contribution in [2.75, 3.05) is 6.61 Å². The molecule has 0 aliphatic heterocycles. The number of para-hydroxylation sites is 1. The number of unbranched alkanes of at least 4 members (excludes halogenated alkanes) is 5. The predicted molar refractivity (Wildman–Crippen MR) is 87.9 cm³/mol. The Kier molecular flexibility index (Phi) is 17.7. The molecule has 0 spiro atoms. The van der Waals surface area contributed by atoms with Crippen molar-refractivity contribution in [3.8, 4) is 5.75 Å². The van der Waals surface area contributed by atoms with Crippen LogP contribution in [0.1, 0.15) is 51.9 Å². The predicted octanol–water partition coefficient (Wildman–Crippen LogP) is -0.104. The fraction of sp³-hybridized carbons (Fsp3) is 0.625. The topological polar surface area (TPSA) is 107 Å². The van der Waals surface area contributed by atoms with Crippen molar-refractivity contribution >= 4 is 10.4 Å². The van der Waals surface area contributed by atoms with Crippen LogP contribution in [0.2, 0.25) is 0 Å². The summed E-state index contributed by atoms with van der Waals surface area (Å²) in [6, 6.07) is 9.63. The fourth-order valence-corrected chi connectivity index (χ4v) is 2.02. The van der Waals surface area contributed by atoms with Crippen LogP contribution in [0.25, 0.3) is 0 Å². The summed E-state index contributed by atoms with van der Waals surface area (Å²) < 4.78 is 37.3. The van der Waals surface area contributed by atoms with E-state index in [1.807, 2.05) is 30.3 Å². The molecule has 0 heterocycles. The van der Waals surface area contributed by atoms with E-state index in [0.29, 0.717) is 0 Å².